The van der Waals surface area contributed by atoms with E-state index in [1.54, 1.807) is 0 Å². The molecule has 0 aromatic heterocycles. The van der Waals surface area contributed by atoms with Gasteiger partial charge in [0.15, 0.2) is 6.10 Å². The summed E-state index contributed by atoms with van der Waals surface area (Å²) in [5.74, 6) is -0.348. The number of nitrogens with two attached hydrogens (primary N) is 2. The third-order valence-corrected chi connectivity index (χ3v) is 13.1. The lowest BCUT2D eigenvalue weighted by Crippen LogP contribution is -2.51. The maximum atomic E-state index is 13.4. The molecule has 0 rings (SSSR count). The lowest BCUT2D eigenvalue weighted by atomic mass is 10.00. The van der Waals surface area contributed by atoms with Crippen molar-refractivity contribution in [3.8, 4) is 0 Å². The fraction of sp³-hybridized carbons (Fsp3) is 0.943. The summed E-state index contributed by atoms with van der Waals surface area (Å²) in [5.41, 5.74) is 11.2. The van der Waals surface area contributed by atoms with Crippen molar-refractivity contribution in [2.45, 2.75) is 230 Å². The second-order valence-electron chi connectivity index (χ2n) is 19.7. The number of carbonyl (C=O) groups excluding carboxylic acids is 3. The fourth-order valence-corrected chi connectivity index (χ4v) is 8.50. The molecule has 416 valence electrons. The minimum absolute atomic E-state index is 0.0445. The van der Waals surface area contributed by atoms with Gasteiger partial charge in [0.1, 0.15) is 24.4 Å². The zero-order valence-electron chi connectivity index (χ0n) is 44.5. The molecule has 1 unspecified atom stereocenters. The first-order valence-corrected chi connectivity index (χ1v) is 28.5. The topological polar surface area (TPSA) is 289 Å². The molecular formula is C53H111N9O8. The number of aliphatic hydroxyl groups is 5. The average Bonchev–Trinajstić information content (AvgIpc) is 3.36. The summed E-state index contributed by atoms with van der Waals surface area (Å²) in [6, 6.07) is -0.489. The molecule has 0 aromatic carbocycles. The summed E-state index contributed by atoms with van der Waals surface area (Å²) in [6.45, 7) is 12.1. The lowest BCUT2D eigenvalue weighted by molar-refractivity contribution is -0.148. The number of rotatable bonds is 55. The van der Waals surface area contributed by atoms with E-state index in [4.69, 9.17) is 16.6 Å². The van der Waals surface area contributed by atoms with Crippen LogP contribution in [0.15, 0.2) is 0 Å². The SMILES string of the molecule is CCCCCCCCCCC(NC(=O)CCCCCCCCCCCNC(=O)[C@@H](O)[C@H](O)[C@@H](O)[C@H](O)CO)C(=O)NCCCCCCC(CNCCCCNCCCN)CNCCCCNCCCN. The van der Waals surface area contributed by atoms with Crippen molar-refractivity contribution in [3.63, 3.8) is 0 Å². The second-order valence-corrected chi connectivity index (χ2v) is 19.7. The van der Waals surface area contributed by atoms with Crippen molar-refractivity contribution in [1.82, 2.24) is 37.2 Å². The van der Waals surface area contributed by atoms with Crippen LogP contribution in [0, 0.1) is 5.92 Å². The molecule has 0 aliphatic heterocycles. The number of hydrogen-bond donors (Lipinski definition) is 14. The minimum Gasteiger partial charge on any atom is -0.394 e. The van der Waals surface area contributed by atoms with Crippen molar-refractivity contribution >= 4 is 17.7 Å². The molecule has 0 radical (unpaired) electrons. The summed E-state index contributed by atoms with van der Waals surface area (Å²) in [7, 11) is 0. The molecule has 16 N–H and O–H groups in total. The van der Waals surface area contributed by atoms with Crippen LogP contribution in [0.1, 0.15) is 200 Å². The molecule has 0 aliphatic carbocycles. The standard InChI is InChI=1S/C53H111N9O8/c1-2-3-4-5-6-10-13-19-30-46(62-48(65)31-20-14-11-8-7-9-12-16-21-41-61-53(70)51(68)50(67)49(66)47(64)44-63)52(69)60-40-22-17-15-18-29-45(42-58-36-25-23-34-56-38-27-32-54)43-59-37-26-24-35-57-39-28-33-55/h45-47,49-51,56-59,63-64,66-68H,2-44,54-55H2,1H3,(H,60,69)(H,61,70)(H,62,65)/t46?,47-,49+,50-,51+/m1/s1. The number of amides is 3. The normalized spacial score (nSPS) is 13.8. The molecule has 0 fully saturated rings. The summed E-state index contributed by atoms with van der Waals surface area (Å²) in [4.78, 5) is 38.5. The highest BCUT2D eigenvalue weighted by atomic mass is 16.4. The largest absolute Gasteiger partial charge is 0.394 e. The maximum absolute atomic E-state index is 13.4. The maximum Gasteiger partial charge on any atom is 0.251 e. The summed E-state index contributed by atoms with van der Waals surface area (Å²) >= 11 is 0. The molecule has 0 aliphatic rings. The van der Waals surface area contributed by atoms with E-state index in [-0.39, 0.29) is 11.8 Å². The van der Waals surface area contributed by atoms with Crippen LogP contribution in [-0.2, 0) is 14.4 Å². The van der Waals surface area contributed by atoms with Gasteiger partial charge in [-0.15, -0.1) is 0 Å². The number of carbonyl (C=O) groups is 3. The Morgan fingerprint density at radius 1 is 0.443 bits per heavy atom. The Bertz CT molecular complexity index is 1140. The highest BCUT2D eigenvalue weighted by Gasteiger charge is 2.34. The zero-order valence-corrected chi connectivity index (χ0v) is 44.5. The molecule has 0 heterocycles. The average molecular weight is 1000 g/mol. The molecule has 3 amide bonds. The molecular weight excluding hydrogens is 891 g/mol. The van der Waals surface area contributed by atoms with Crippen LogP contribution in [-0.4, -0.2) is 159 Å². The van der Waals surface area contributed by atoms with Gasteiger partial charge in [-0.2, -0.15) is 0 Å². The summed E-state index contributed by atoms with van der Waals surface area (Å²) in [6.07, 6.45) is 24.1. The van der Waals surface area contributed by atoms with Crippen LogP contribution in [0.5, 0.6) is 0 Å². The van der Waals surface area contributed by atoms with Crippen molar-refractivity contribution in [1.29, 1.82) is 0 Å². The van der Waals surface area contributed by atoms with Crippen molar-refractivity contribution in [2.75, 3.05) is 85.1 Å². The first kappa shape index (κ1) is 68.0. The van der Waals surface area contributed by atoms with Gasteiger partial charge < -0.3 is 74.2 Å². The van der Waals surface area contributed by atoms with Crippen molar-refractivity contribution in [2.24, 2.45) is 17.4 Å². The smallest absolute Gasteiger partial charge is 0.251 e. The van der Waals surface area contributed by atoms with E-state index in [1.165, 1.54) is 77.0 Å². The van der Waals surface area contributed by atoms with Crippen LogP contribution in [0.25, 0.3) is 0 Å². The third-order valence-electron chi connectivity index (χ3n) is 13.1. The van der Waals surface area contributed by atoms with Gasteiger partial charge in [0.25, 0.3) is 5.91 Å². The number of aliphatic hydroxyl groups excluding tert-OH is 5. The number of nitrogens with one attached hydrogen (secondary N) is 7. The van der Waals surface area contributed by atoms with Gasteiger partial charge in [0.2, 0.25) is 11.8 Å². The highest BCUT2D eigenvalue weighted by Crippen LogP contribution is 2.14. The van der Waals surface area contributed by atoms with E-state index >= 15 is 0 Å². The van der Waals surface area contributed by atoms with E-state index in [9.17, 15) is 34.8 Å². The number of hydrogen-bond acceptors (Lipinski definition) is 14. The van der Waals surface area contributed by atoms with Gasteiger partial charge in [0, 0.05) is 19.5 Å². The van der Waals surface area contributed by atoms with Crippen LogP contribution < -0.4 is 48.7 Å². The van der Waals surface area contributed by atoms with Gasteiger partial charge in [-0.25, -0.2) is 0 Å². The first-order chi connectivity index (χ1) is 34.1. The Labute approximate surface area is 426 Å². The number of unbranched alkanes of at least 4 members (excludes halogenated alkanes) is 20. The van der Waals surface area contributed by atoms with Crippen LogP contribution >= 0.6 is 0 Å². The van der Waals surface area contributed by atoms with Gasteiger partial charge in [-0.3, -0.25) is 14.4 Å². The molecule has 0 bridgehead atoms. The summed E-state index contributed by atoms with van der Waals surface area (Å²) in [5, 5.41) is 70.9. The Hall–Kier alpha value is -2.03. The van der Waals surface area contributed by atoms with E-state index in [1.807, 2.05) is 0 Å². The predicted molar refractivity (Wildman–Crippen MR) is 286 cm³/mol. The Morgan fingerprint density at radius 2 is 0.843 bits per heavy atom. The second kappa shape index (κ2) is 51.9. The monoisotopic (exact) mass is 1000 g/mol. The minimum atomic E-state index is -1.91. The van der Waals surface area contributed by atoms with E-state index < -0.39 is 43.0 Å². The van der Waals surface area contributed by atoms with Crippen molar-refractivity contribution in [3.05, 3.63) is 0 Å². The molecule has 0 saturated carbocycles. The van der Waals surface area contributed by atoms with Gasteiger partial charge in [0.05, 0.1) is 6.61 Å². The third kappa shape index (κ3) is 42.5. The quantitative estimate of drug-likeness (QED) is 0.0387. The van der Waals surface area contributed by atoms with Crippen LogP contribution in [0.2, 0.25) is 0 Å². The molecule has 0 aromatic rings. The van der Waals surface area contributed by atoms with Gasteiger partial charge in [-0.05, 0) is 142 Å². The predicted octanol–water partition coefficient (Wildman–Crippen LogP) is 3.75. The molecule has 0 spiro atoms. The van der Waals surface area contributed by atoms with Crippen molar-refractivity contribution < 1.29 is 39.9 Å². The van der Waals surface area contributed by atoms with E-state index in [2.05, 4.69) is 44.1 Å². The molecule has 5 atom stereocenters. The van der Waals surface area contributed by atoms with E-state index in [0.29, 0.717) is 38.3 Å². The fourth-order valence-electron chi connectivity index (χ4n) is 8.50. The van der Waals surface area contributed by atoms with Gasteiger partial charge in [-0.1, -0.05) is 122 Å². The van der Waals surface area contributed by atoms with E-state index in [0.717, 1.165) is 162 Å². The highest BCUT2D eigenvalue weighted by molar-refractivity contribution is 5.87. The first-order valence-electron chi connectivity index (χ1n) is 28.5. The Balaban J connectivity index is 4.59. The molecule has 17 nitrogen and oxygen atoms in total. The summed E-state index contributed by atoms with van der Waals surface area (Å²) < 4.78 is 0. The molecule has 70 heavy (non-hydrogen) atoms. The van der Waals surface area contributed by atoms with Crippen LogP contribution in [0.3, 0.4) is 0 Å². The lowest BCUT2D eigenvalue weighted by Gasteiger charge is -2.24. The molecule has 0 saturated heterocycles. The van der Waals surface area contributed by atoms with Crippen LogP contribution in [0.4, 0.5) is 0 Å². The Morgan fingerprint density at radius 3 is 1.33 bits per heavy atom. The zero-order chi connectivity index (χ0) is 51.6. The van der Waals surface area contributed by atoms with Gasteiger partial charge >= 0.3 is 0 Å². The Kier molecular flexibility index (Phi) is 50.4. The molecule has 17 heteroatoms.